The number of aliphatic carboxylic acids is 1. The normalized spacial score (nSPS) is 24.9. The molecule has 81 heavy (non-hydrogen) atoms. The van der Waals surface area contributed by atoms with Crippen molar-refractivity contribution in [2.75, 3.05) is 28.1 Å². The molecule has 448 valence electrons. The van der Waals surface area contributed by atoms with E-state index in [0.29, 0.717) is 57.1 Å². The van der Waals surface area contributed by atoms with Gasteiger partial charge in [0.15, 0.2) is 14.4 Å². The molecule has 3 aliphatic rings. The van der Waals surface area contributed by atoms with Crippen LogP contribution in [0.1, 0.15) is 130 Å². The molecule has 16 heteroatoms. The number of hydrogen-bond acceptors (Lipinski definition) is 14. The van der Waals surface area contributed by atoms with Crippen molar-refractivity contribution in [1.82, 2.24) is 0 Å². The van der Waals surface area contributed by atoms with Gasteiger partial charge in [-0.05, 0) is 92.4 Å². The number of carbonyl (C=O) groups excluding carboxylic acids is 2. The maximum atomic E-state index is 13.9. The summed E-state index contributed by atoms with van der Waals surface area (Å²) in [7, 11) is 1.99. The largest absolute Gasteiger partial charge is 0.497 e. The molecule has 1 N–H and O–H groups in total. The third-order valence-electron chi connectivity index (χ3n) is 15.8. The van der Waals surface area contributed by atoms with E-state index < -0.39 is 74.1 Å². The number of esters is 2. The highest BCUT2D eigenvalue weighted by Gasteiger charge is 2.59. The van der Waals surface area contributed by atoms with Crippen LogP contribution in [-0.2, 0) is 74.7 Å². The fourth-order valence-corrected chi connectivity index (χ4v) is 11.7. The van der Waals surface area contributed by atoms with E-state index >= 15 is 0 Å². The number of benzene rings is 2. The van der Waals surface area contributed by atoms with Crippen LogP contribution in [0.4, 0.5) is 0 Å². The Hall–Kier alpha value is -5.01. The van der Waals surface area contributed by atoms with Gasteiger partial charge in [0.2, 0.25) is 5.79 Å². The van der Waals surface area contributed by atoms with Crippen molar-refractivity contribution in [3.63, 3.8) is 0 Å². The summed E-state index contributed by atoms with van der Waals surface area (Å²) in [6.45, 7) is 28.3. The topological polar surface area (TPSA) is 173 Å². The zero-order valence-electron chi connectivity index (χ0n) is 50.4. The quantitative estimate of drug-likeness (QED) is 0.0149. The van der Waals surface area contributed by atoms with Gasteiger partial charge in [-0.3, -0.25) is 4.79 Å². The predicted octanol–water partition coefficient (Wildman–Crippen LogP) is 13.0. The molecule has 2 aromatic rings. The van der Waals surface area contributed by atoms with Gasteiger partial charge in [-0.25, -0.2) is 9.59 Å². The third kappa shape index (κ3) is 20.7. The van der Waals surface area contributed by atoms with E-state index in [2.05, 4.69) is 53.9 Å². The minimum absolute atomic E-state index is 0.0303. The summed E-state index contributed by atoms with van der Waals surface area (Å²) in [4.78, 5) is 39.3. The summed E-state index contributed by atoms with van der Waals surface area (Å²) in [5, 5.41) is 9.67. The van der Waals surface area contributed by atoms with Crippen molar-refractivity contribution in [3.05, 3.63) is 138 Å². The van der Waals surface area contributed by atoms with Crippen molar-refractivity contribution in [2.24, 2.45) is 5.41 Å². The van der Waals surface area contributed by atoms with Gasteiger partial charge >= 0.3 is 17.9 Å². The van der Waals surface area contributed by atoms with Crippen LogP contribution in [0.3, 0.4) is 0 Å². The number of rotatable bonds is 30. The number of ether oxygens (including phenoxy) is 10. The van der Waals surface area contributed by atoms with Gasteiger partial charge in [-0.1, -0.05) is 145 Å². The van der Waals surface area contributed by atoms with Gasteiger partial charge in [0.25, 0.3) is 0 Å². The van der Waals surface area contributed by atoms with E-state index in [1.54, 1.807) is 19.3 Å². The van der Waals surface area contributed by atoms with Gasteiger partial charge < -0.3 is 56.9 Å². The molecule has 0 spiro atoms. The average Bonchev–Trinajstić information content (AvgIpc) is 3.60. The molecule has 3 fully saturated rings. The van der Waals surface area contributed by atoms with Gasteiger partial charge in [-0.15, -0.1) is 0 Å². The number of carboxylic acid groups (broad SMARTS) is 1. The Labute approximate surface area is 484 Å². The first-order chi connectivity index (χ1) is 38.4. The summed E-state index contributed by atoms with van der Waals surface area (Å²) >= 11 is 0. The number of allylic oxidation sites excluding steroid dienone is 3. The first kappa shape index (κ1) is 66.8. The van der Waals surface area contributed by atoms with Crippen LogP contribution in [0, 0.1) is 5.41 Å². The Morgan fingerprint density at radius 1 is 0.815 bits per heavy atom. The number of carbonyl (C=O) groups is 3. The van der Waals surface area contributed by atoms with Gasteiger partial charge in [0.05, 0.1) is 82.7 Å². The Morgan fingerprint density at radius 2 is 1.48 bits per heavy atom. The molecule has 0 aliphatic carbocycles. The van der Waals surface area contributed by atoms with Crippen LogP contribution < -0.4 is 4.74 Å². The fourth-order valence-electron chi connectivity index (χ4n) is 10.3. The van der Waals surface area contributed by atoms with Gasteiger partial charge in [0.1, 0.15) is 12.5 Å². The molecule has 10 atom stereocenters. The highest BCUT2D eigenvalue weighted by molar-refractivity contribution is 6.74. The summed E-state index contributed by atoms with van der Waals surface area (Å²) < 4.78 is 70.1. The van der Waals surface area contributed by atoms with E-state index in [0.717, 1.165) is 40.9 Å². The Balaban J connectivity index is 1.42. The van der Waals surface area contributed by atoms with E-state index in [9.17, 15) is 19.5 Å². The van der Waals surface area contributed by atoms with E-state index in [-0.39, 0.29) is 49.6 Å². The predicted molar refractivity (Wildman–Crippen MR) is 316 cm³/mol. The minimum Gasteiger partial charge on any atom is -0.497 e. The van der Waals surface area contributed by atoms with Crippen molar-refractivity contribution < 1.29 is 71.3 Å². The van der Waals surface area contributed by atoms with Crippen LogP contribution in [0.15, 0.2) is 127 Å². The maximum absolute atomic E-state index is 13.9. The molecule has 3 heterocycles. The Bertz CT molecular complexity index is 2460. The first-order valence-corrected chi connectivity index (χ1v) is 31.6. The molecular weight excluding hydrogens is 1050 g/mol. The molecule has 3 aliphatic heterocycles. The van der Waals surface area contributed by atoms with E-state index in [1.165, 1.54) is 26.4 Å². The van der Waals surface area contributed by atoms with E-state index in [4.69, 9.17) is 51.8 Å². The molecule has 3 saturated heterocycles. The van der Waals surface area contributed by atoms with Crippen LogP contribution in [0.25, 0.3) is 0 Å². The molecule has 0 bridgehead atoms. The second kappa shape index (κ2) is 31.6. The summed E-state index contributed by atoms with van der Waals surface area (Å²) in [6.07, 6.45) is 13.0. The standard InChI is InChI=1S/C65H94O15Si/c1-15-16-17-18-22-25-60(68)78-62-50(37-61(69)71-11)36-57(40-58(80-81(13,14)63(5,6)7)47(4)75-44-73-42-48-23-20-19-21-24-48)79-65(62,72-12)64(8,9)31-30-52-32-45(2)33-55(76-52)39-56-35-46(3)34-54(77-56)38-53(41-59(66)67)74-43-49-26-28-51(70-10)29-27-49/h17-31,37,47,52-58,62H,2-3,15-16,32-36,38-44H2,1,4-14H3,(H,66,67)/t47-,52+,53?,54+,55+,56-,57+,58-,62+,65-/m1/s1. The molecule has 0 saturated carbocycles. The smallest absolute Gasteiger partial charge is 0.331 e. The maximum Gasteiger partial charge on any atom is 0.331 e. The van der Waals surface area contributed by atoms with Crippen molar-refractivity contribution >= 4 is 26.2 Å². The lowest BCUT2D eigenvalue weighted by molar-refractivity contribution is -0.338. The van der Waals surface area contributed by atoms with Crippen molar-refractivity contribution in [3.8, 4) is 5.75 Å². The second-order valence-electron chi connectivity index (χ2n) is 23.9. The monoisotopic (exact) mass is 1140 g/mol. The SMILES string of the molecule is C=C1C[C@H](C[C@@H]2CC(=C)C[C@H](C=CC(C)(C)[C@]3(OC)O[C@H](C[C@@H](O[Si](C)(C)C(C)(C)C)[C@@H](C)OCOCc4ccccc4)CC(=CC(=O)OC)[C@@H]3OC(=O)C=CC=CCCC)O2)O[C@H](CC(CC(=O)O)OCc2ccc(OC)cc2)C1. The van der Waals surface area contributed by atoms with Crippen LogP contribution >= 0.6 is 0 Å². The highest BCUT2D eigenvalue weighted by Crippen LogP contribution is 2.50. The number of carboxylic acids is 1. The van der Waals surface area contributed by atoms with E-state index in [1.807, 2.05) is 93.6 Å². The molecule has 5 rings (SSSR count). The van der Waals surface area contributed by atoms with Crippen molar-refractivity contribution in [1.29, 1.82) is 0 Å². The lowest BCUT2D eigenvalue weighted by Crippen LogP contribution is -2.63. The molecular formula is C65H94O15Si. The van der Waals surface area contributed by atoms with Gasteiger partial charge in [0, 0.05) is 43.9 Å². The molecule has 2 aromatic carbocycles. The number of methoxy groups -OCH3 is 3. The summed E-state index contributed by atoms with van der Waals surface area (Å²) in [5.41, 5.74) is 3.32. The average molecular weight is 1140 g/mol. The lowest BCUT2D eigenvalue weighted by atomic mass is 9.73. The number of hydrogen-bond donors (Lipinski definition) is 1. The molecule has 0 radical (unpaired) electrons. The zero-order chi connectivity index (χ0) is 59.4. The number of unbranched alkanes of at least 4 members (excludes halogenated alkanes) is 1. The molecule has 15 nitrogen and oxygen atoms in total. The van der Waals surface area contributed by atoms with Crippen LogP contribution in [0.5, 0.6) is 5.75 Å². The minimum atomic E-state index is -2.45. The molecule has 0 amide bonds. The molecule has 1 unspecified atom stereocenters. The third-order valence-corrected chi connectivity index (χ3v) is 20.3. The summed E-state index contributed by atoms with van der Waals surface area (Å²) in [5.74, 6) is -3.23. The fraction of sp³-hybridized carbons (Fsp3) is 0.585. The second-order valence-corrected chi connectivity index (χ2v) is 28.6. The Kier molecular flexibility index (Phi) is 26.0. The van der Waals surface area contributed by atoms with Crippen LogP contribution in [0.2, 0.25) is 18.1 Å². The van der Waals surface area contributed by atoms with Crippen molar-refractivity contribution in [2.45, 2.75) is 211 Å². The van der Waals surface area contributed by atoms with Crippen LogP contribution in [-0.4, -0.2) is 120 Å². The molecule has 0 aromatic heterocycles. The first-order valence-electron chi connectivity index (χ1n) is 28.7. The lowest BCUT2D eigenvalue weighted by Gasteiger charge is -2.53. The highest BCUT2D eigenvalue weighted by atomic mass is 28.4. The zero-order valence-corrected chi connectivity index (χ0v) is 51.4. The van der Waals surface area contributed by atoms with Gasteiger partial charge in [-0.2, -0.15) is 0 Å². The summed E-state index contributed by atoms with van der Waals surface area (Å²) in [6, 6.07) is 17.4. The Morgan fingerprint density at radius 3 is 2.12 bits per heavy atom.